The summed E-state index contributed by atoms with van der Waals surface area (Å²) in [5.74, 6) is -0.639. The number of halogens is 2. The van der Waals surface area contributed by atoms with Crippen molar-refractivity contribution >= 4 is 27.3 Å². The average molecular weight is 415 g/mol. The Morgan fingerprint density at radius 2 is 2.04 bits per heavy atom. The Kier molecular flexibility index (Phi) is 5.36. The van der Waals surface area contributed by atoms with Gasteiger partial charge >= 0.3 is 0 Å². The Morgan fingerprint density at radius 1 is 1.33 bits per heavy atom. The van der Waals surface area contributed by atoms with Crippen molar-refractivity contribution in [3.05, 3.63) is 62.9 Å². The SMILES string of the molecule is COc1ccc([N+](=O)[O-])cc1S(=O)(=O)N(Cc1c(F)cccc1Cl)C1CC1. The summed E-state index contributed by atoms with van der Waals surface area (Å²) in [5, 5.41) is 11.2. The molecule has 0 N–H and O–H groups in total. The van der Waals surface area contributed by atoms with Crippen molar-refractivity contribution in [2.75, 3.05) is 7.11 Å². The highest BCUT2D eigenvalue weighted by Gasteiger charge is 2.40. The van der Waals surface area contributed by atoms with Gasteiger partial charge < -0.3 is 4.74 Å². The Labute approximate surface area is 160 Å². The second-order valence-electron chi connectivity index (χ2n) is 6.07. The quantitative estimate of drug-likeness (QED) is 0.508. The van der Waals surface area contributed by atoms with E-state index in [1.165, 1.54) is 31.4 Å². The molecule has 7 nitrogen and oxygen atoms in total. The minimum absolute atomic E-state index is 0.0223. The highest BCUT2D eigenvalue weighted by molar-refractivity contribution is 7.89. The van der Waals surface area contributed by atoms with E-state index < -0.39 is 20.8 Å². The van der Waals surface area contributed by atoms with E-state index in [0.29, 0.717) is 12.8 Å². The first-order valence-corrected chi connectivity index (χ1v) is 9.84. The summed E-state index contributed by atoms with van der Waals surface area (Å²) in [6, 6.07) is 7.12. The molecule has 0 saturated heterocycles. The maximum Gasteiger partial charge on any atom is 0.271 e. The maximum absolute atomic E-state index is 14.2. The summed E-state index contributed by atoms with van der Waals surface area (Å²) >= 11 is 6.04. The van der Waals surface area contributed by atoms with Crippen molar-refractivity contribution in [1.29, 1.82) is 0 Å². The van der Waals surface area contributed by atoms with E-state index in [4.69, 9.17) is 16.3 Å². The highest BCUT2D eigenvalue weighted by atomic mass is 35.5. The third-order valence-corrected chi connectivity index (χ3v) is 6.55. The van der Waals surface area contributed by atoms with Crippen molar-refractivity contribution < 1.29 is 22.5 Å². The van der Waals surface area contributed by atoms with E-state index in [9.17, 15) is 22.9 Å². The lowest BCUT2D eigenvalue weighted by molar-refractivity contribution is -0.385. The molecule has 27 heavy (non-hydrogen) atoms. The lowest BCUT2D eigenvalue weighted by Crippen LogP contribution is -2.33. The number of nitrogens with zero attached hydrogens (tertiary/aromatic N) is 2. The number of nitro groups is 1. The number of sulfonamides is 1. The number of hydrogen-bond donors (Lipinski definition) is 0. The zero-order valence-electron chi connectivity index (χ0n) is 14.3. The van der Waals surface area contributed by atoms with Gasteiger partial charge in [-0.05, 0) is 31.0 Å². The number of ether oxygens (including phenoxy) is 1. The van der Waals surface area contributed by atoms with Crippen LogP contribution in [0.4, 0.5) is 10.1 Å². The van der Waals surface area contributed by atoms with Crippen LogP contribution < -0.4 is 4.74 Å². The zero-order valence-corrected chi connectivity index (χ0v) is 15.8. The smallest absolute Gasteiger partial charge is 0.271 e. The standard InChI is InChI=1S/C17H16ClFN2O5S/c1-26-16-8-7-12(21(22)23)9-17(16)27(24,25)20(11-5-6-11)10-13-14(18)3-2-4-15(13)19/h2-4,7-9,11H,5-6,10H2,1H3. The molecule has 10 heteroatoms. The molecule has 0 spiro atoms. The van der Waals surface area contributed by atoms with Crippen LogP contribution in [0.5, 0.6) is 5.75 Å². The highest BCUT2D eigenvalue weighted by Crippen LogP contribution is 2.38. The molecule has 0 bridgehead atoms. The first-order valence-electron chi connectivity index (χ1n) is 8.03. The predicted octanol–water partition coefficient (Wildman–Crippen LogP) is 3.75. The van der Waals surface area contributed by atoms with E-state index in [1.54, 1.807) is 0 Å². The van der Waals surface area contributed by atoms with Gasteiger partial charge in [-0.15, -0.1) is 0 Å². The lowest BCUT2D eigenvalue weighted by atomic mass is 10.2. The molecule has 1 aliphatic rings. The van der Waals surface area contributed by atoms with Crippen LogP contribution in [-0.2, 0) is 16.6 Å². The van der Waals surface area contributed by atoms with Crippen LogP contribution in [0.3, 0.4) is 0 Å². The molecule has 0 amide bonds. The van der Waals surface area contributed by atoms with Crippen LogP contribution in [0, 0.1) is 15.9 Å². The number of nitro benzene ring substituents is 1. The Balaban J connectivity index is 2.08. The second kappa shape index (κ2) is 7.41. The average Bonchev–Trinajstić information content (AvgIpc) is 3.45. The maximum atomic E-state index is 14.2. The Morgan fingerprint density at radius 3 is 2.59 bits per heavy atom. The molecular weight excluding hydrogens is 399 g/mol. The van der Waals surface area contributed by atoms with Crippen molar-refractivity contribution in [3.63, 3.8) is 0 Å². The molecule has 0 radical (unpaired) electrons. The van der Waals surface area contributed by atoms with E-state index in [1.807, 2.05) is 0 Å². The second-order valence-corrected chi connectivity index (χ2v) is 8.34. The first-order chi connectivity index (χ1) is 12.8. The van der Waals surface area contributed by atoms with Gasteiger partial charge in [0, 0.05) is 35.3 Å². The van der Waals surface area contributed by atoms with Crippen LogP contribution in [0.2, 0.25) is 5.02 Å². The number of non-ortho nitro benzene ring substituents is 1. The monoisotopic (exact) mass is 414 g/mol. The zero-order chi connectivity index (χ0) is 19.8. The largest absolute Gasteiger partial charge is 0.495 e. The van der Waals surface area contributed by atoms with Gasteiger partial charge in [0.25, 0.3) is 5.69 Å². The predicted molar refractivity (Wildman–Crippen MR) is 96.8 cm³/mol. The van der Waals surface area contributed by atoms with Crippen LogP contribution in [0.15, 0.2) is 41.3 Å². The van der Waals surface area contributed by atoms with Crippen LogP contribution in [0.25, 0.3) is 0 Å². The van der Waals surface area contributed by atoms with Gasteiger partial charge in [-0.2, -0.15) is 4.31 Å². The lowest BCUT2D eigenvalue weighted by Gasteiger charge is -2.23. The Bertz CT molecular complexity index is 975. The molecule has 0 heterocycles. The van der Waals surface area contributed by atoms with Crippen molar-refractivity contribution in [3.8, 4) is 5.75 Å². The molecule has 0 atom stereocenters. The van der Waals surface area contributed by atoms with Gasteiger partial charge in [0.1, 0.15) is 16.5 Å². The third kappa shape index (κ3) is 3.90. The van der Waals surface area contributed by atoms with Crippen LogP contribution in [-0.4, -0.2) is 30.8 Å². The molecule has 144 valence electrons. The fourth-order valence-corrected chi connectivity index (χ4v) is 4.77. The third-order valence-electron chi connectivity index (χ3n) is 4.27. The molecule has 0 aromatic heterocycles. The number of benzene rings is 2. The van der Waals surface area contributed by atoms with Gasteiger partial charge in [0.2, 0.25) is 10.0 Å². The summed E-state index contributed by atoms with van der Waals surface area (Å²) in [6.45, 7) is -0.273. The minimum Gasteiger partial charge on any atom is -0.495 e. The van der Waals surface area contributed by atoms with Gasteiger partial charge in [-0.3, -0.25) is 10.1 Å². The van der Waals surface area contributed by atoms with Crippen LogP contribution >= 0.6 is 11.6 Å². The van der Waals surface area contributed by atoms with Gasteiger partial charge in [0.05, 0.1) is 12.0 Å². The van der Waals surface area contributed by atoms with E-state index >= 15 is 0 Å². The van der Waals surface area contributed by atoms with E-state index in [0.717, 1.165) is 16.4 Å². The normalized spacial score (nSPS) is 14.4. The summed E-state index contributed by atoms with van der Waals surface area (Å²) in [5.41, 5.74) is -0.326. The van der Waals surface area contributed by atoms with Crippen LogP contribution in [0.1, 0.15) is 18.4 Å². The number of rotatable bonds is 7. The summed E-state index contributed by atoms with van der Waals surface area (Å²) in [6.07, 6.45) is 1.23. The first kappa shape index (κ1) is 19.5. The van der Waals surface area contributed by atoms with E-state index in [-0.39, 0.29) is 39.5 Å². The van der Waals surface area contributed by atoms with Gasteiger partial charge in [-0.25, -0.2) is 12.8 Å². The molecular formula is C17H16ClFN2O5S. The Hall–Kier alpha value is -2.23. The number of methoxy groups -OCH3 is 1. The topological polar surface area (TPSA) is 89.7 Å². The minimum atomic E-state index is -4.19. The summed E-state index contributed by atoms with van der Waals surface area (Å²) in [7, 11) is -2.92. The van der Waals surface area contributed by atoms with E-state index in [2.05, 4.69) is 0 Å². The van der Waals surface area contributed by atoms with Gasteiger partial charge in [0.15, 0.2) is 0 Å². The molecule has 1 saturated carbocycles. The fourth-order valence-electron chi connectivity index (χ4n) is 2.72. The summed E-state index contributed by atoms with van der Waals surface area (Å²) < 4.78 is 46.9. The molecule has 3 rings (SSSR count). The molecule has 0 unspecified atom stereocenters. The summed E-state index contributed by atoms with van der Waals surface area (Å²) in [4.78, 5) is 10.0. The van der Waals surface area contributed by atoms with Crippen molar-refractivity contribution in [2.45, 2.75) is 30.3 Å². The van der Waals surface area contributed by atoms with Crippen molar-refractivity contribution in [2.24, 2.45) is 0 Å². The molecule has 2 aromatic carbocycles. The molecule has 1 aliphatic carbocycles. The van der Waals surface area contributed by atoms with Crippen molar-refractivity contribution in [1.82, 2.24) is 4.31 Å². The fraction of sp³-hybridized carbons (Fsp3) is 0.294. The molecule has 0 aliphatic heterocycles. The molecule has 2 aromatic rings. The van der Waals surface area contributed by atoms with Gasteiger partial charge in [-0.1, -0.05) is 17.7 Å². The molecule has 1 fully saturated rings. The number of hydrogen-bond acceptors (Lipinski definition) is 5.